The summed E-state index contributed by atoms with van der Waals surface area (Å²) in [5, 5.41) is 4.55. The van der Waals surface area contributed by atoms with Crippen molar-refractivity contribution in [2.75, 3.05) is 18.1 Å². The summed E-state index contributed by atoms with van der Waals surface area (Å²) in [5.74, 6) is 0.557. The molecule has 0 bridgehead atoms. The third-order valence-electron chi connectivity index (χ3n) is 5.49. The van der Waals surface area contributed by atoms with Crippen LogP contribution in [-0.2, 0) is 20.0 Å². The third-order valence-corrected chi connectivity index (χ3v) is 7.94. The maximum absolute atomic E-state index is 13.8. The molecule has 0 aromatic heterocycles. The molecule has 3 aromatic rings. The van der Waals surface area contributed by atoms with E-state index in [-0.39, 0.29) is 11.3 Å². The summed E-state index contributed by atoms with van der Waals surface area (Å²) < 4.78 is 60.0. The largest absolute Gasteiger partial charge is 0.496 e. The summed E-state index contributed by atoms with van der Waals surface area (Å²) in [5.41, 5.74) is 2.81. The van der Waals surface area contributed by atoms with Crippen LogP contribution in [0.3, 0.4) is 0 Å². The minimum absolute atomic E-state index is 0.174. The van der Waals surface area contributed by atoms with Gasteiger partial charge in [0.1, 0.15) is 5.75 Å². The first-order chi connectivity index (χ1) is 16.1. The number of hydrogen-bond acceptors (Lipinski definition) is 6. The molecule has 10 heteroatoms. The van der Waals surface area contributed by atoms with Crippen molar-refractivity contribution < 1.29 is 21.6 Å². The van der Waals surface area contributed by atoms with Gasteiger partial charge in [-0.3, -0.25) is 4.72 Å². The van der Waals surface area contributed by atoms with Gasteiger partial charge in [-0.15, -0.1) is 0 Å². The molecule has 8 nitrogen and oxygen atoms in total. The highest BCUT2D eigenvalue weighted by Crippen LogP contribution is 2.41. The van der Waals surface area contributed by atoms with Gasteiger partial charge in [0, 0.05) is 17.7 Å². The average Bonchev–Trinajstić information content (AvgIpc) is 3.24. The Morgan fingerprint density at radius 1 is 0.971 bits per heavy atom. The van der Waals surface area contributed by atoms with E-state index in [0.29, 0.717) is 33.8 Å². The van der Waals surface area contributed by atoms with Crippen LogP contribution in [0, 0.1) is 6.92 Å². The van der Waals surface area contributed by atoms with E-state index >= 15 is 0 Å². The van der Waals surface area contributed by atoms with Crippen LogP contribution < -0.4 is 9.46 Å². The molecule has 1 heterocycles. The Morgan fingerprint density at radius 2 is 1.68 bits per heavy atom. The number of nitrogens with zero attached hydrogens (tertiary/aromatic N) is 2. The van der Waals surface area contributed by atoms with Gasteiger partial charge >= 0.3 is 0 Å². The van der Waals surface area contributed by atoms with Crippen LogP contribution >= 0.6 is 0 Å². The van der Waals surface area contributed by atoms with Crippen molar-refractivity contribution in [3.63, 3.8) is 0 Å². The van der Waals surface area contributed by atoms with Crippen LogP contribution in [0.5, 0.6) is 5.75 Å². The van der Waals surface area contributed by atoms with E-state index < -0.39 is 26.1 Å². The summed E-state index contributed by atoms with van der Waals surface area (Å²) in [6.45, 7) is 1.74. The van der Waals surface area contributed by atoms with Crippen molar-refractivity contribution in [2.24, 2.45) is 5.10 Å². The van der Waals surface area contributed by atoms with Crippen molar-refractivity contribution in [3.05, 3.63) is 89.5 Å². The fraction of sp³-hybridized carbons (Fsp3) is 0.208. The van der Waals surface area contributed by atoms with E-state index in [0.717, 1.165) is 10.7 Å². The molecule has 3 aromatic carbocycles. The smallest absolute Gasteiger partial charge is 0.279 e. The predicted octanol–water partition coefficient (Wildman–Crippen LogP) is 3.92. The number of anilines is 1. The van der Waals surface area contributed by atoms with E-state index in [2.05, 4.69) is 9.82 Å². The highest BCUT2D eigenvalue weighted by atomic mass is 32.2. The minimum Gasteiger partial charge on any atom is -0.496 e. The summed E-state index contributed by atoms with van der Waals surface area (Å²) in [6, 6.07) is 20.1. The Kier molecular flexibility index (Phi) is 6.37. The summed E-state index contributed by atoms with van der Waals surface area (Å²) in [7, 11) is -5.92. The quantitative estimate of drug-likeness (QED) is 0.531. The number of benzene rings is 3. The van der Waals surface area contributed by atoms with Crippen LogP contribution in [0.15, 0.2) is 82.8 Å². The molecule has 0 unspecified atom stereocenters. The molecule has 0 aliphatic carbocycles. The number of sulfonamides is 2. The molecule has 1 aliphatic rings. The van der Waals surface area contributed by atoms with Crippen molar-refractivity contribution in [1.29, 1.82) is 0 Å². The van der Waals surface area contributed by atoms with E-state index in [9.17, 15) is 16.8 Å². The van der Waals surface area contributed by atoms with Crippen molar-refractivity contribution in [2.45, 2.75) is 24.3 Å². The monoisotopic (exact) mass is 499 g/mol. The van der Waals surface area contributed by atoms with Crippen LogP contribution in [0.1, 0.15) is 29.2 Å². The number of aryl methyl sites for hydroxylation is 1. The molecule has 1 aliphatic heterocycles. The molecule has 0 spiro atoms. The molecular weight excluding hydrogens is 474 g/mol. The zero-order valence-corrected chi connectivity index (χ0v) is 20.6. The molecule has 0 radical (unpaired) electrons. The Balaban J connectivity index is 1.83. The lowest BCUT2D eigenvalue weighted by atomic mass is 9.98. The summed E-state index contributed by atoms with van der Waals surface area (Å²) >= 11 is 0. The number of ether oxygens (including phenoxy) is 1. The number of hydrazone groups is 1. The van der Waals surface area contributed by atoms with Gasteiger partial charge in [0.2, 0.25) is 10.0 Å². The van der Waals surface area contributed by atoms with E-state index in [1.807, 2.05) is 18.2 Å². The van der Waals surface area contributed by atoms with Crippen molar-refractivity contribution in [3.8, 4) is 5.75 Å². The van der Waals surface area contributed by atoms with E-state index in [1.54, 1.807) is 61.5 Å². The molecule has 178 valence electrons. The van der Waals surface area contributed by atoms with Crippen molar-refractivity contribution in [1.82, 2.24) is 4.41 Å². The van der Waals surface area contributed by atoms with Gasteiger partial charge in [0.15, 0.2) is 0 Å². The standard InChI is InChI=1S/C24H25N3O5S2/c1-17-9-4-7-14-24(17)34(30,31)27-22(20-12-5-6-13-23(20)32-2)16-21(25-27)18-10-8-11-19(15-18)26-33(3,28)29/h4-15,22,26H,16H2,1-3H3/t22-/m0/s1. The van der Waals surface area contributed by atoms with E-state index in [1.165, 1.54) is 7.11 Å². The second-order valence-corrected chi connectivity index (χ2v) is 11.5. The first-order valence-electron chi connectivity index (χ1n) is 10.5. The fourth-order valence-electron chi connectivity index (χ4n) is 3.98. The van der Waals surface area contributed by atoms with Gasteiger partial charge in [-0.1, -0.05) is 48.5 Å². The molecule has 0 saturated carbocycles. The highest BCUT2D eigenvalue weighted by molar-refractivity contribution is 7.92. The Labute approximate surface area is 200 Å². The maximum atomic E-state index is 13.8. The molecule has 4 rings (SSSR count). The fourth-order valence-corrected chi connectivity index (χ4v) is 6.19. The lowest BCUT2D eigenvalue weighted by Gasteiger charge is -2.25. The molecule has 34 heavy (non-hydrogen) atoms. The lowest BCUT2D eigenvalue weighted by molar-refractivity contribution is 0.350. The van der Waals surface area contributed by atoms with Crippen molar-refractivity contribution >= 4 is 31.4 Å². The predicted molar refractivity (Wildman–Crippen MR) is 132 cm³/mol. The third kappa shape index (κ3) is 4.78. The summed E-state index contributed by atoms with van der Waals surface area (Å²) in [6.07, 6.45) is 1.36. The van der Waals surface area contributed by atoms with Gasteiger partial charge in [0.05, 0.1) is 30.0 Å². The molecule has 0 fully saturated rings. The Bertz CT molecular complexity index is 1470. The van der Waals surface area contributed by atoms with Crippen LogP contribution in [0.25, 0.3) is 0 Å². The molecule has 1 atom stereocenters. The van der Waals surface area contributed by atoms with Gasteiger partial charge in [-0.2, -0.15) is 17.9 Å². The maximum Gasteiger partial charge on any atom is 0.279 e. The molecule has 1 N–H and O–H groups in total. The Hall–Kier alpha value is -3.37. The van der Waals surface area contributed by atoms with Crippen LogP contribution in [-0.4, -0.2) is 40.3 Å². The topological polar surface area (TPSA) is 105 Å². The zero-order valence-electron chi connectivity index (χ0n) is 19.0. The SMILES string of the molecule is COc1ccccc1[C@@H]1CC(c2cccc(NS(C)(=O)=O)c2)=NN1S(=O)(=O)c1ccccc1C. The lowest BCUT2D eigenvalue weighted by Crippen LogP contribution is -2.28. The average molecular weight is 500 g/mol. The van der Waals surface area contributed by atoms with Gasteiger partial charge in [-0.05, 0) is 42.3 Å². The number of para-hydroxylation sites is 1. The van der Waals surface area contributed by atoms with Crippen LogP contribution in [0.2, 0.25) is 0 Å². The second kappa shape index (κ2) is 9.11. The summed E-state index contributed by atoms with van der Waals surface area (Å²) in [4.78, 5) is 0.174. The van der Waals surface area contributed by atoms with E-state index in [4.69, 9.17) is 4.74 Å². The highest BCUT2D eigenvalue weighted by Gasteiger charge is 2.39. The number of rotatable bonds is 7. The van der Waals surface area contributed by atoms with Crippen LogP contribution in [0.4, 0.5) is 5.69 Å². The Morgan fingerprint density at radius 3 is 2.38 bits per heavy atom. The van der Waals surface area contributed by atoms with Gasteiger partial charge in [-0.25, -0.2) is 8.42 Å². The van der Waals surface area contributed by atoms with Gasteiger partial charge < -0.3 is 4.74 Å². The number of methoxy groups -OCH3 is 1. The van der Waals surface area contributed by atoms with Gasteiger partial charge in [0.25, 0.3) is 10.0 Å². The molecule has 0 amide bonds. The number of hydrogen-bond donors (Lipinski definition) is 1. The second-order valence-electron chi connectivity index (χ2n) is 8.01. The number of nitrogens with one attached hydrogen (secondary N) is 1. The first-order valence-corrected chi connectivity index (χ1v) is 13.8. The zero-order chi connectivity index (χ0) is 24.5. The normalized spacial score (nSPS) is 16.3. The first kappa shape index (κ1) is 23.8. The minimum atomic E-state index is -3.99. The molecule has 0 saturated heterocycles. The molecular formula is C24H25N3O5S2.